The zero-order chi connectivity index (χ0) is 16.9. The van der Waals surface area contributed by atoms with E-state index in [1.165, 1.54) is 19.3 Å². The highest BCUT2D eigenvalue weighted by molar-refractivity contribution is 6.07. The van der Waals surface area contributed by atoms with Crippen molar-refractivity contribution in [1.29, 1.82) is 0 Å². The molecule has 1 aliphatic carbocycles. The Morgan fingerprint density at radius 3 is 2.70 bits per heavy atom. The van der Waals surface area contributed by atoms with Crippen molar-refractivity contribution in [3.63, 3.8) is 0 Å². The van der Waals surface area contributed by atoms with Gasteiger partial charge in [-0.2, -0.15) is 0 Å². The van der Waals surface area contributed by atoms with E-state index in [9.17, 15) is 9.59 Å². The molecule has 0 radical (unpaired) electrons. The van der Waals surface area contributed by atoms with Crippen LogP contribution in [0.3, 0.4) is 0 Å². The molecular weight excluding hydrogens is 288 g/mol. The van der Waals surface area contributed by atoms with Gasteiger partial charge in [-0.3, -0.25) is 9.59 Å². The summed E-state index contributed by atoms with van der Waals surface area (Å²) in [6, 6.07) is 0. The van der Waals surface area contributed by atoms with Crippen molar-refractivity contribution in [3.8, 4) is 0 Å². The Morgan fingerprint density at radius 2 is 1.96 bits per heavy atom. The minimum absolute atomic E-state index is 0.104. The zero-order valence-electron chi connectivity index (χ0n) is 14.0. The first-order chi connectivity index (χ1) is 11.1. The number of ketones is 1. The fourth-order valence-corrected chi connectivity index (χ4v) is 2.51. The first kappa shape index (κ1) is 19.1. The first-order valence-corrected chi connectivity index (χ1v) is 8.61. The average molecular weight is 316 g/mol. The Bertz CT molecular complexity index is 495. The summed E-state index contributed by atoms with van der Waals surface area (Å²) in [4.78, 5) is 22.3. The molecule has 0 spiro atoms. The maximum atomic E-state index is 11.9. The van der Waals surface area contributed by atoms with Crippen molar-refractivity contribution in [1.82, 2.24) is 0 Å². The van der Waals surface area contributed by atoms with Crippen LogP contribution < -0.4 is 0 Å². The normalized spacial score (nSPS) is 19.6. The van der Waals surface area contributed by atoms with Crippen LogP contribution in [0.15, 0.2) is 48.1 Å². The second-order valence-corrected chi connectivity index (χ2v) is 5.87. The molecule has 0 saturated heterocycles. The van der Waals surface area contributed by atoms with E-state index in [1.54, 1.807) is 6.08 Å². The van der Waals surface area contributed by atoms with Crippen LogP contribution >= 0.6 is 0 Å². The van der Waals surface area contributed by atoms with Gasteiger partial charge < -0.3 is 5.11 Å². The summed E-state index contributed by atoms with van der Waals surface area (Å²) >= 11 is 0. The van der Waals surface area contributed by atoms with Crippen LogP contribution in [0.4, 0.5) is 0 Å². The molecule has 0 aromatic carbocycles. The monoisotopic (exact) mass is 316 g/mol. The van der Waals surface area contributed by atoms with E-state index >= 15 is 0 Å². The van der Waals surface area contributed by atoms with Crippen molar-refractivity contribution in [2.45, 2.75) is 58.3 Å². The summed E-state index contributed by atoms with van der Waals surface area (Å²) in [7, 11) is 0. The Kier molecular flexibility index (Phi) is 9.69. The van der Waals surface area contributed by atoms with Crippen molar-refractivity contribution in [2.75, 3.05) is 0 Å². The molecule has 0 heterocycles. The molecule has 0 bridgehead atoms. The third kappa shape index (κ3) is 8.34. The molecule has 23 heavy (non-hydrogen) atoms. The van der Waals surface area contributed by atoms with Crippen molar-refractivity contribution in [3.05, 3.63) is 48.1 Å². The third-order valence-corrected chi connectivity index (χ3v) is 3.87. The van der Waals surface area contributed by atoms with Gasteiger partial charge >= 0.3 is 5.97 Å². The maximum Gasteiger partial charge on any atom is 0.303 e. The second kappa shape index (κ2) is 11.6. The molecule has 1 N–H and O–H groups in total. The van der Waals surface area contributed by atoms with E-state index in [4.69, 9.17) is 5.11 Å². The second-order valence-electron chi connectivity index (χ2n) is 5.87. The lowest BCUT2D eigenvalue weighted by Crippen LogP contribution is -2.01. The smallest absolute Gasteiger partial charge is 0.303 e. The molecule has 3 heteroatoms. The van der Waals surface area contributed by atoms with Crippen LogP contribution in [-0.4, -0.2) is 16.9 Å². The van der Waals surface area contributed by atoms with Crippen LogP contribution in [0, 0.1) is 5.92 Å². The summed E-state index contributed by atoms with van der Waals surface area (Å²) in [6.45, 7) is 2.19. The quantitative estimate of drug-likeness (QED) is 0.331. The van der Waals surface area contributed by atoms with Crippen LogP contribution in [0.25, 0.3) is 0 Å². The Balaban J connectivity index is 2.38. The average Bonchev–Trinajstić information content (AvgIpc) is 2.86. The van der Waals surface area contributed by atoms with Crippen LogP contribution in [0.5, 0.6) is 0 Å². The summed E-state index contributed by atoms with van der Waals surface area (Å²) in [5, 5.41) is 8.57. The largest absolute Gasteiger partial charge is 0.481 e. The van der Waals surface area contributed by atoms with Crippen LogP contribution in [0.2, 0.25) is 0 Å². The summed E-state index contributed by atoms with van der Waals surface area (Å²) in [5.74, 6) is -0.496. The van der Waals surface area contributed by atoms with Crippen molar-refractivity contribution >= 4 is 11.8 Å². The van der Waals surface area contributed by atoms with Gasteiger partial charge in [0.25, 0.3) is 0 Å². The number of rotatable bonds is 11. The SMILES string of the molecule is CCCCC/C=C/C=C1/C(=O)C=C[C@H]1C/C=C\CCCC(=O)O. The molecule has 1 rings (SSSR count). The lowest BCUT2D eigenvalue weighted by atomic mass is 9.97. The van der Waals surface area contributed by atoms with Gasteiger partial charge in [-0.05, 0) is 38.2 Å². The summed E-state index contributed by atoms with van der Waals surface area (Å²) < 4.78 is 0. The standard InChI is InChI=1S/C20H28O3/c1-2-3-4-5-6-10-13-18-17(15-16-19(18)21)12-9-7-8-11-14-20(22)23/h6-7,9-10,13,15-17H,2-5,8,11-12,14H2,1H3,(H,22,23)/b9-7-,10-6+,18-13+/t17-/m1/s1. The van der Waals surface area contributed by atoms with Gasteiger partial charge in [-0.1, -0.05) is 56.2 Å². The van der Waals surface area contributed by atoms with Crippen LogP contribution in [-0.2, 0) is 9.59 Å². The highest BCUT2D eigenvalue weighted by Gasteiger charge is 2.20. The molecule has 0 unspecified atom stereocenters. The van der Waals surface area contributed by atoms with Gasteiger partial charge in [0, 0.05) is 17.9 Å². The van der Waals surface area contributed by atoms with Gasteiger partial charge in [-0.25, -0.2) is 0 Å². The van der Waals surface area contributed by atoms with E-state index < -0.39 is 5.97 Å². The predicted molar refractivity (Wildman–Crippen MR) is 94.2 cm³/mol. The molecule has 0 aromatic rings. The van der Waals surface area contributed by atoms with Crippen molar-refractivity contribution < 1.29 is 14.7 Å². The number of hydrogen-bond donors (Lipinski definition) is 1. The highest BCUT2D eigenvalue weighted by atomic mass is 16.4. The Morgan fingerprint density at radius 1 is 1.17 bits per heavy atom. The van der Waals surface area contributed by atoms with Gasteiger partial charge in [-0.15, -0.1) is 0 Å². The van der Waals surface area contributed by atoms with Gasteiger partial charge in [0.05, 0.1) is 0 Å². The fraction of sp³-hybridized carbons (Fsp3) is 0.500. The molecule has 3 nitrogen and oxygen atoms in total. The first-order valence-electron chi connectivity index (χ1n) is 8.61. The minimum atomic E-state index is -0.751. The summed E-state index contributed by atoms with van der Waals surface area (Å²) in [5.41, 5.74) is 0.854. The van der Waals surface area contributed by atoms with Gasteiger partial charge in [0.2, 0.25) is 0 Å². The number of allylic oxidation sites excluding steroid dienone is 8. The third-order valence-electron chi connectivity index (χ3n) is 3.87. The molecule has 0 aromatic heterocycles. The lowest BCUT2D eigenvalue weighted by molar-refractivity contribution is -0.137. The van der Waals surface area contributed by atoms with E-state index in [-0.39, 0.29) is 18.1 Å². The molecular formula is C20H28O3. The number of carbonyl (C=O) groups is 2. The van der Waals surface area contributed by atoms with E-state index in [0.29, 0.717) is 6.42 Å². The number of unbranched alkanes of at least 4 members (excludes halogenated alkanes) is 4. The minimum Gasteiger partial charge on any atom is -0.481 e. The fourth-order valence-electron chi connectivity index (χ4n) is 2.51. The molecule has 0 amide bonds. The lowest BCUT2D eigenvalue weighted by Gasteiger charge is -2.06. The number of carbonyl (C=O) groups excluding carboxylic acids is 1. The molecule has 0 aliphatic heterocycles. The van der Waals surface area contributed by atoms with E-state index in [2.05, 4.69) is 13.0 Å². The van der Waals surface area contributed by atoms with Crippen molar-refractivity contribution in [2.24, 2.45) is 5.92 Å². The molecule has 126 valence electrons. The number of carboxylic acids is 1. The summed E-state index contributed by atoms with van der Waals surface area (Å²) in [6.07, 6.45) is 20.9. The molecule has 1 aliphatic rings. The molecule has 0 fully saturated rings. The maximum absolute atomic E-state index is 11.9. The highest BCUT2D eigenvalue weighted by Crippen LogP contribution is 2.25. The number of aliphatic carboxylic acids is 1. The van der Waals surface area contributed by atoms with Crippen LogP contribution in [0.1, 0.15) is 58.3 Å². The number of hydrogen-bond acceptors (Lipinski definition) is 2. The van der Waals surface area contributed by atoms with E-state index in [1.807, 2.05) is 30.4 Å². The Labute approximate surface area is 139 Å². The molecule has 1 atom stereocenters. The number of carboxylic acid groups (broad SMARTS) is 1. The zero-order valence-corrected chi connectivity index (χ0v) is 14.0. The Hall–Kier alpha value is -1.90. The predicted octanol–water partition coefficient (Wildman–Crippen LogP) is 5.01. The van der Waals surface area contributed by atoms with E-state index in [0.717, 1.165) is 24.8 Å². The molecule has 0 saturated carbocycles. The van der Waals surface area contributed by atoms with Gasteiger partial charge in [0.15, 0.2) is 5.78 Å². The topological polar surface area (TPSA) is 54.4 Å². The van der Waals surface area contributed by atoms with Gasteiger partial charge in [0.1, 0.15) is 0 Å².